The van der Waals surface area contributed by atoms with Gasteiger partial charge >= 0.3 is 0 Å². The van der Waals surface area contributed by atoms with Gasteiger partial charge in [0.25, 0.3) is 0 Å². The molecule has 100 valence electrons. The maximum Gasteiger partial charge on any atom is 0.238 e. The van der Waals surface area contributed by atoms with Crippen LogP contribution in [0.3, 0.4) is 0 Å². The summed E-state index contributed by atoms with van der Waals surface area (Å²) < 4.78 is 17.8. The Morgan fingerprint density at radius 2 is 2.28 bits per heavy atom. The molecule has 0 aromatic heterocycles. The number of carbonyl (C=O) groups excluding carboxylic acids is 1. The molecule has 6 heteroatoms. The average Bonchev–Trinajstić information content (AvgIpc) is 2.34. The van der Waals surface area contributed by atoms with E-state index in [0.29, 0.717) is 18.8 Å². The fourth-order valence-electron chi connectivity index (χ4n) is 1.32. The van der Waals surface area contributed by atoms with Gasteiger partial charge in [0.1, 0.15) is 5.82 Å². The zero-order valence-corrected chi connectivity index (χ0v) is 10.9. The molecular formula is C12H16ClFN2O2. The van der Waals surface area contributed by atoms with Crippen molar-refractivity contribution >= 4 is 23.2 Å². The molecule has 18 heavy (non-hydrogen) atoms. The first-order valence-corrected chi connectivity index (χ1v) is 5.96. The molecule has 1 aromatic rings. The molecule has 0 aliphatic carbocycles. The first kappa shape index (κ1) is 14.9. The van der Waals surface area contributed by atoms with E-state index in [1.165, 1.54) is 18.2 Å². The van der Waals surface area contributed by atoms with Crippen LogP contribution in [0.15, 0.2) is 18.2 Å². The molecule has 0 saturated heterocycles. The summed E-state index contributed by atoms with van der Waals surface area (Å²) in [4.78, 5) is 11.5. The normalized spacial score (nSPS) is 10.4. The molecule has 0 atom stereocenters. The molecule has 0 saturated carbocycles. The van der Waals surface area contributed by atoms with E-state index in [9.17, 15) is 9.18 Å². The van der Waals surface area contributed by atoms with Crippen molar-refractivity contribution in [3.05, 3.63) is 29.0 Å². The van der Waals surface area contributed by atoms with Gasteiger partial charge in [-0.05, 0) is 31.2 Å². The molecule has 4 nitrogen and oxygen atoms in total. The standard InChI is InChI=1S/C12H16ClFN2O2/c1-18-6-2-5-15-8-12(17)16-9-3-4-11(14)10(13)7-9/h3-4,7,15H,2,5-6,8H2,1H3,(H,16,17). The fraction of sp³-hybridized carbons (Fsp3) is 0.417. The number of rotatable bonds is 7. The first-order valence-electron chi connectivity index (χ1n) is 5.58. The lowest BCUT2D eigenvalue weighted by Gasteiger charge is -2.07. The number of amides is 1. The number of methoxy groups -OCH3 is 1. The highest BCUT2D eigenvalue weighted by Crippen LogP contribution is 2.19. The molecule has 0 aliphatic rings. The quantitative estimate of drug-likeness (QED) is 0.748. The summed E-state index contributed by atoms with van der Waals surface area (Å²) in [5.74, 6) is -0.706. The molecule has 2 N–H and O–H groups in total. The van der Waals surface area contributed by atoms with E-state index in [1.807, 2.05) is 0 Å². The predicted octanol–water partition coefficient (Wildman–Crippen LogP) is 2.04. The van der Waals surface area contributed by atoms with E-state index in [0.717, 1.165) is 6.42 Å². The van der Waals surface area contributed by atoms with Crippen molar-refractivity contribution in [1.29, 1.82) is 0 Å². The van der Waals surface area contributed by atoms with Crippen molar-refractivity contribution in [2.24, 2.45) is 0 Å². The zero-order chi connectivity index (χ0) is 13.4. The second-order valence-electron chi connectivity index (χ2n) is 3.70. The first-order chi connectivity index (χ1) is 8.63. The molecule has 1 aromatic carbocycles. The largest absolute Gasteiger partial charge is 0.385 e. The Labute approximate surface area is 110 Å². The maximum absolute atomic E-state index is 12.9. The van der Waals surface area contributed by atoms with Gasteiger partial charge in [0.2, 0.25) is 5.91 Å². The van der Waals surface area contributed by atoms with E-state index in [-0.39, 0.29) is 17.5 Å². The van der Waals surface area contributed by atoms with Gasteiger partial charge < -0.3 is 15.4 Å². The van der Waals surface area contributed by atoms with Crippen LogP contribution in [0, 0.1) is 5.82 Å². The number of hydrogen-bond donors (Lipinski definition) is 2. The minimum Gasteiger partial charge on any atom is -0.385 e. The predicted molar refractivity (Wildman–Crippen MR) is 69.4 cm³/mol. The maximum atomic E-state index is 12.9. The molecule has 1 rings (SSSR count). The highest BCUT2D eigenvalue weighted by atomic mass is 35.5. The van der Waals surface area contributed by atoms with Crippen LogP contribution in [-0.4, -0.2) is 32.7 Å². The lowest BCUT2D eigenvalue weighted by atomic mass is 10.3. The summed E-state index contributed by atoms with van der Waals surface area (Å²) in [5, 5.41) is 5.57. The third kappa shape index (κ3) is 5.44. The number of benzene rings is 1. The van der Waals surface area contributed by atoms with Gasteiger partial charge in [-0.15, -0.1) is 0 Å². The molecule has 0 unspecified atom stereocenters. The molecule has 0 spiro atoms. The van der Waals surface area contributed by atoms with E-state index in [4.69, 9.17) is 16.3 Å². The summed E-state index contributed by atoms with van der Waals surface area (Å²) in [6.45, 7) is 1.55. The number of nitrogens with one attached hydrogen (secondary N) is 2. The van der Waals surface area contributed by atoms with E-state index < -0.39 is 5.82 Å². The Morgan fingerprint density at radius 1 is 1.50 bits per heavy atom. The van der Waals surface area contributed by atoms with E-state index in [2.05, 4.69) is 10.6 Å². The molecule has 0 heterocycles. The van der Waals surface area contributed by atoms with Crippen molar-refractivity contribution in [1.82, 2.24) is 5.32 Å². The Balaban J connectivity index is 2.29. The second kappa shape index (κ2) is 8.02. The summed E-state index contributed by atoms with van der Waals surface area (Å²) in [6.07, 6.45) is 0.839. The monoisotopic (exact) mass is 274 g/mol. The van der Waals surface area contributed by atoms with Crippen molar-refractivity contribution < 1.29 is 13.9 Å². The van der Waals surface area contributed by atoms with Crippen LogP contribution < -0.4 is 10.6 Å². The highest BCUT2D eigenvalue weighted by molar-refractivity contribution is 6.31. The van der Waals surface area contributed by atoms with E-state index in [1.54, 1.807) is 7.11 Å². The Kier molecular flexibility index (Phi) is 6.64. The highest BCUT2D eigenvalue weighted by Gasteiger charge is 2.04. The number of ether oxygens (including phenoxy) is 1. The van der Waals surface area contributed by atoms with Crippen LogP contribution in [0.4, 0.5) is 10.1 Å². The van der Waals surface area contributed by atoms with Crippen LogP contribution in [-0.2, 0) is 9.53 Å². The summed E-state index contributed by atoms with van der Waals surface area (Å²) in [5.41, 5.74) is 0.477. The number of hydrogen-bond acceptors (Lipinski definition) is 3. The average molecular weight is 275 g/mol. The molecular weight excluding hydrogens is 259 g/mol. The van der Waals surface area contributed by atoms with Gasteiger partial charge in [-0.25, -0.2) is 4.39 Å². The lowest BCUT2D eigenvalue weighted by molar-refractivity contribution is -0.115. The van der Waals surface area contributed by atoms with Gasteiger partial charge in [-0.2, -0.15) is 0 Å². The van der Waals surface area contributed by atoms with Gasteiger partial charge in [0.15, 0.2) is 0 Å². The molecule has 0 fully saturated rings. The van der Waals surface area contributed by atoms with Crippen LogP contribution in [0.1, 0.15) is 6.42 Å². The van der Waals surface area contributed by atoms with Crippen molar-refractivity contribution in [2.45, 2.75) is 6.42 Å². The van der Waals surface area contributed by atoms with Crippen LogP contribution >= 0.6 is 11.6 Å². The second-order valence-corrected chi connectivity index (χ2v) is 4.11. The van der Waals surface area contributed by atoms with E-state index >= 15 is 0 Å². The fourth-order valence-corrected chi connectivity index (χ4v) is 1.50. The topological polar surface area (TPSA) is 50.4 Å². The number of halogens is 2. The van der Waals surface area contributed by atoms with Gasteiger partial charge in [0, 0.05) is 19.4 Å². The third-order valence-corrected chi connectivity index (χ3v) is 2.48. The Bertz CT molecular complexity index is 402. The number of carbonyl (C=O) groups is 1. The molecule has 0 aliphatic heterocycles. The minimum absolute atomic E-state index is 0.0131. The van der Waals surface area contributed by atoms with Crippen molar-refractivity contribution in [3.63, 3.8) is 0 Å². The summed E-state index contributed by atoms with van der Waals surface area (Å²) in [7, 11) is 1.63. The SMILES string of the molecule is COCCCNCC(=O)Nc1ccc(F)c(Cl)c1. The van der Waals surface area contributed by atoms with Gasteiger partial charge in [-0.1, -0.05) is 11.6 Å². The van der Waals surface area contributed by atoms with Crippen LogP contribution in [0.25, 0.3) is 0 Å². The molecule has 1 amide bonds. The molecule has 0 bridgehead atoms. The van der Waals surface area contributed by atoms with Crippen molar-refractivity contribution in [3.8, 4) is 0 Å². The Morgan fingerprint density at radius 3 is 2.94 bits per heavy atom. The Hall–Kier alpha value is -1.17. The number of anilines is 1. The third-order valence-electron chi connectivity index (χ3n) is 2.19. The molecule has 0 radical (unpaired) electrons. The van der Waals surface area contributed by atoms with Gasteiger partial charge in [0.05, 0.1) is 11.6 Å². The van der Waals surface area contributed by atoms with Crippen LogP contribution in [0.5, 0.6) is 0 Å². The zero-order valence-electron chi connectivity index (χ0n) is 10.1. The summed E-state index contributed by atoms with van der Waals surface area (Å²) >= 11 is 5.60. The minimum atomic E-state index is -0.507. The van der Waals surface area contributed by atoms with Crippen LogP contribution in [0.2, 0.25) is 5.02 Å². The smallest absolute Gasteiger partial charge is 0.238 e. The van der Waals surface area contributed by atoms with Crippen molar-refractivity contribution in [2.75, 3.05) is 32.1 Å². The van der Waals surface area contributed by atoms with Gasteiger partial charge in [-0.3, -0.25) is 4.79 Å². The summed E-state index contributed by atoms with van der Waals surface area (Å²) in [6, 6.07) is 4.05. The lowest BCUT2D eigenvalue weighted by Crippen LogP contribution is -2.29.